The van der Waals surface area contributed by atoms with Crippen LogP contribution in [-0.2, 0) is 4.74 Å². The Morgan fingerprint density at radius 3 is 2.50 bits per heavy atom. The van der Waals surface area contributed by atoms with Gasteiger partial charge in [-0.1, -0.05) is 32.6 Å². The lowest BCUT2D eigenvalue weighted by molar-refractivity contribution is 0.122. The van der Waals surface area contributed by atoms with Gasteiger partial charge in [0.1, 0.15) is 6.10 Å². The Morgan fingerprint density at radius 1 is 1.33 bits per heavy atom. The molecule has 1 rings (SSSR count). The molecule has 1 aliphatic heterocycles. The fourth-order valence-electron chi connectivity index (χ4n) is 1.34. The van der Waals surface area contributed by atoms with Gasteiger partial charge in [-0.25, -0.2) is 0 Å². The van der Waals surface area contributed by atoms with Crippen molar-refractivity contribution in [2.75, 3.05) is 0 Å². The molecule has 0 bridgehead atoms. The van der Waals surface area contributed by atoms with Crippen molar-refractivity contribution in [3.05, 3.63) is 0 Å². The van der Waals surface area contributed by atoms with E-state index >= 15 is 0 Å². The highest BCUT2D eigenvalue weighted by molar-refractivity contribution is 4.82. The van der Waals surface area contributed by atoms with E-state index in [-0.39, 0.29) is 6.10 Å². The highest BCUT2D eigenvalue weighted by Gasteiger charge is 2.42. The average Bonchev–Trinajstić information content (AvgIpc) is 2.76. The quantitative estimate of drug-likeness (QED) is 0.467. The van der Waals surface area contributed by atoms with Crippen LogP contribution in [0.3, 0.4) is 0 Å². The summed E-state index contributed by atoms with van der Waals surface area (Å²) in [5, 5.41) is 18.2. The average molecular weight is 174 g/mol. The lowest BCUT2D eigenvalue weighted by atomic mass is 10.1. The molecule has 3 heteroatoms. The third-order valence-corrected chi connectivity index (χ3v) is 2.23. The molecular weight excluding hydrogens is 156 g/mol. The van der Waals surface area contributed by atoms with Crippen molar-refractivity contribution in [2.45, 2.75) is 57.5 Å². The predicted octanol–water partition coefficient (Wildman–Crippen LogP) is 1.03. The van der Waals surface area contributed by atoms with Gasteiger partial charge in [0.2, 0.25) is 0 Å². The third-order valence-electron chi connectivity index (χ3n) is 2.23. The van der Waals surface area contributed by atoms with E-state index < -0.39 is 12.4 Å². The van der Waals surface area contributed by atoms with E-state index in [2.05, 4.69) is 6.92 Å². The highest BCUT2D eigenvalue weighted by Crippen LogP contribution is 2.25. The predicted molar refractivity (Wildman–Crippen MR) is 45.6 cm³/mol. The smallest absolute Gasteiger partial charge is 0.184 e. The molecule has 0 aliphatic carbocycles. The van der Waals surface area contributed by atoms with Crippen LogP contribution in [0.1, 0.15) is 39.0 Å². The molecule has 0 spiro atoms. The number of hydrogen-bond donors (Lipinski definition) is 2. The van der Waals surface area contributed by atoms with E-state index in [4.69, 9.17) is 9.84 Å². The minimum atomic E-state index is -0.703. The van der Waals surface area contributed by atoms with Crippen LogP contribution in [0.4, 0.5) is 0 Å². The molecule has 72 valence electrons. The van der Waals surface area contributed by atoms with Gasteiger partial charge in [-0.05, 0) is 6.42 Å². The number of ether oxygens (including phenoxy) is 1. The molecule has 1 saturated heterocycles. The molecule has 0 radical (unpaired) electrons. The van der Waals surface area contributed by atoms with Crippen molar-refractivity contribution in [3.63, 3.8) is 0 Å². The Hall–Kier alpha value is -0.120. The van der Waals surface area contributed by atoms with Gasteiger partial charge in [0, 0.05) is 0 Å². The second-order valence-corrected chi connectivity index (χ2v) is 3.41. The summed E-state index contributed by atoms with van der Waals surface area (Å²) in [5.74, 6) is 0. The lowest BCUT2D eigenvalue weighted by Gasteiger charge is -2.05. The fraction of sp³-hybridized carbons (Fsp3) is 1.00. The number of unbranched alkanes of at least 4 members (excludes halogenated alkanes) is 3. The topological polar surface area (TPSA) is 53.0 Å². The van der Waals surface area contributed by atoms with Crippen LogP contribution in [0.25, 0.3) is 0 Å². The molecule has 0 amide bonds. The summed E-state index contributed by atoms with van der Waals surface area (Å²) in [7, 11) is 0. The SMILES string of the molecule is CCCCCCC(O)C1OC1O. The van der Waals surface area contributed by atoms with Crippen molar-refractivity contribution in [2.24, 2.45) is 0 Å². The van der Waals surface area contributed by atoms with Crippen molar-refractivity contribution in [1.29, 1.82) is 0 Å². The van der Waals surface area contributed by atoms with Crippen LogP contribution in [0.5, 0.6) is 0 Å². The Morgan fingerprint density at radius 2 is 2.00 bits per heavy atom. The lowest BCUT2D eigenvalue weighted by Crippen LogP contribution is -2.16. The molecule has 0 aromatic rings. The third kappa shape index (κ3) is 3.09. The minimum absolute atomic E-state index is 0.299. The van der Waals surface area contributed by atoms with Gasteiger partial charge in [0.15, 0.2) is 6.29 Å². The maximum atomic E-state index is 9.37. The number of rotatable bonds is 6. The van der Waals surface area contributed by atoms with Crippen molar-refractivity contribution in [1.82, 2.24) is 0 Å². The molecule has 0 aromatic carbocycles. The zero-order valence-corrected chi connectivity index (χ0v) is 7.57. The zero-order chi connectivity index (χ0) is 8.97. The molecule has 3 unspecified atom stereocenters. The van der Waals surface area contributed by atoms with Gasteiger partial charge in [0.25, 0.3) is 0 Å². The Kier molecular flexibility index (Phi) is 3.98. The van der Waals surface area contributed by atoms with Crippen LogP contribution in [0.15, 0.2) is 0 Å². The van der Waals surface area contributed by atoms with E-state index in [1.54, 1.807) is 0 Å². The van der Waals surface area contributed by atoms with E-state index in [1.165, 1.54) is 12.8 Å². The summed E-state index contributed by atoms with van der Waals surface area (Å²) < 4.78 is 4.74. The van der Waals surface area contributed by atoms with Gasteiger partial charge in [-0.15, -0.1) is 0 Å². The van der Waals surface area contributed by atoms with Crippen molar-refractivity contribution < 1.29 is 14.9 Å². The summed E-state index contributed by atoms with van der Waals surface area (Å²) in [5.41, 5.74) is 0. The maximum absolute atomic E-state index is 9.37. The van der Waals surface area contributed by atoms with Crippen molar-refractivity contribution in [3.8, 4) is 0 Å². The number of aliphatic hydroxyl groups excluding tert-OH is 2. The first-order valence-electron chi connectivity index (χ1n) is 4.77. The molecular formula is C9H18O3. The first kappa shape index (κ1) is 9.96. The molecule has 12 heavy (non-hydrogen) atoms. The Balaban J connectivity index is 1.92. The molecule has 3 nitrogen and oxygen atoms in total. The monoisotopic (exact) mass is 174 g/mol. The van der Waals surface area contributed by atoms with Gasteiger partial charge in [0.05, 0.1) is 6.10 Å². The maximum Gasteiger partial charge on any atom is 0.184 e. The van der Waals surface area contributed by atoms with Gasteiger partial charge < -0.3 is 14.9 Å². The van der Waals surface area contributed by atoms with Gasteiger partial charge in [-0.3, -0.25) is 0 Å². The molecule has 1 aliphatic rings. The molecule has 3 atom stereocenters. The summed E-state index contributed by atoms with van der Waals surface area (Å²) in [6.07, 6.45) is 3.91. The summed E-state index contributed by atoms with van der Waals surface area (Å²) in [6.45, 7) is 2.16. The minimum Gasteiger partial charge on any atom is -0.390 e. The van der Waals surface area contributed by atoms with E-state index in [1.807, 2.05) is 0 Å². The van der Waals surface area contributed by atoms with Crippen LogP contribution in [-0.4, -0.2) is 28.7 Å². The van der Waals surface area contributed by atoms with Gasteiger partial charge in [-0.2, -0.15) is 0 Å². The van der Waals surface area contributed by atoms with Crippen LogP contribution < -0.4 is 0 Å². The number of epoxide rings is 1. The second-order valence-electron chi connectivity index (χ2n) is 3.41. The largest absolute Gasteiger partial charge is 0.390 e. The molecule has 1 fully saturated rings. The standard InChI is InChI=1S/C9H18O3/c1-2-3-4-5-6-7(10)8-9(11)12-8/h7-11H,2-6H2,1H3. The fourth-order valence-corrected chi connectivity index (χ4v) is 1.34. The van der Waals surface area contributed by atoms with Crippen molar-refractivity contribution >= 4 is 0 Å². The van der Waals surface area contributed by atoms with Crippen LogP contribution in [0, 0.1) is 0 Å². The van der Waals surface area contributed by atoms with E-state index in [9.17, 15) is 5.11 Å². The number of hydrogen-bond acceptors (Lipinski definition) is 3. The highest BCUT2D eigenvalue weighted by atomic mass is 16.7. The molecule has 1 heterocycles. The van der Waals surface area contributed by atoms with Crippen LogP contribution >= 0.6 is 0 Å². The molecule has 0 aromatic heterocycles. The Labute approximate surface area is 73.4 Å². The first-order chi connectivity index (χ1) is 5.75. The summed E-state index contributed by atoms with van der Waals surface area (Å²) in [6, 6.07) is 0. The summed E-state index contributed by atoms with van der Waals surface area (Å²) in [4.78, 5) is 0. The first-order valence-corrected chi connectivity index (χ1v) is 4.77. The normalized spacial score (nSPS) is 30.2. The van der Waals surface area contributed by atoms with Gasteiger partial charge >= 0.3 is 0 Å². The van der Waals surface area contributed by atoms with E-state index in [0.717, 1.165) is 19.3 Å². The zero-order valence-electron chi connectivity index (χ0n) is 7.57. The second kappa shape index (κ2) is 4.80. The molecule has 0 saturated carbocycles. The molecule has 2 N–H and O–H groups in total. The Bertz CT molecular complexity index is 127. The van der Waals surface area contributed by atoms with E-state index in [0.29, 0.717) is 0 Å². The van der Waals surface area contributed by atoms with Crippen LogP contribution in [0.2, 0.25) is 0 Å². The number of aliphatic hydroxyl groups is 2. The summed E-state index contributed by atoms with van der Waals surface area (Å²) >= 11 is 0.